The number of amidine groups is 1. The number of amides is 2. The molecule has 0 aliphatic rings. The summed E-state index contributed by atoms with van der Waals surface area (Å²) in [5.41, 5.74) is -2.27. The zero-order chi connectivity index (χ0) is 47.1. The van der Waals surface area contributed by atoms with E-state index >= 15 is 0 Å². The van der Waals surface area contributed by atoms with E-state index in [-0.39, 0.29) is 34.5 Å². The van der Waals surface area contributed by atoms with Crippen molar-refractivity contribution in [1.29, 1.82) is 10.8 Å². The molecule has 0 aromatic rings. The highest BCUT2D eigenvalue weighted by Crippen LogP contribution is 2.39. The summed E-state index contributed by atoms with van der Waals surface area (Å²) in [6.07, 6.45) is -2.28. The van der Waals surface area contributed by atoms with Crippen molar-refractivity contribution in [3.63, 3.8) is 0 Å². The molecule has 14 nitrogen and oxygen atoms in total. The number of rotatable bonds is 31. The van der Waals surface area contributed by atoms with Crippen molar-refractivity contribution >= 4 is 23.4 Å². The maximum Gasteiger partial charge on any atom is 0.252 e. The summed E-state index contributed by atoms with van der Waals surface area (Å²) in [6.45, 7) is 36.1. The molecular weight excluding hydrogens is 765 g/mol. The van der Waals surface area contributed by atoms with E-state index in [1.807, 2.05) is 13.8 Å². The van der Waals surface area contributed by atoms with E-state index in [4.69, 9.17) is 20.3 Å². The van der Waals surface area contributed by atoms with Crippen molar-refractivity contribution in [1.82, 2.24) is 21.3 Å². The average Bonchev–Trinajstić information content (AvgIpc) is 3.11. The molecule has 0 bridgehead atoms. The fourth-order valence-electron chi connectivity index (χ4n) is 7.25. The minimum Gasteiger partial charge on any atom is -0.387 e. The van der Waals surface area contributed by atoms with Crippen LogP contribution in [0.25, 0.3) is 0 Å². The number of aliphatic hydroxyl groups excluding tert-OH is 4. The van der Waals surface area contributed by atoms with Gasteiger partial charge in [0, 0.05) is 53.9 Å². The molecule has 0 radical (unpaired) electrons. The highest BCUT2D eigenvalue weighted by molar-refractivity contribution is 5.89. The third kappa shape index (κ3) is 21.7. The zero-order valence-corrected chi connectivity index (χ0v) is 41.0. The Bertz CT molecular complexity index is 1350. The third-order valence-corrected chi connectivity index (χ3v) is 12.2. The molecule has 0 saturated carbocycles. The van der Waals surface area contributed by atoms with Crippen LogP contribution in [0.3, 0.4) is 0 Å². The first-order valence-electron chi connectivity index (χ1n) is 22.4. The molecule has 0 heterocycles. The normalized spacial score (nSPS) is 16.9. The van der Waals surface area contributed by atoms with E-state index in [1.54, 1.807) is 27.7 Å². The lowest BCUT2D eigenvalue weighted by molar-refractivity contribution is -0.157. The van der Waals surface area contributed by atoms with Crippen LogP contribution in [0.4, 0.5) is 0 Å². The molecular formula is C46H92N6O8. The van der Waals surface area contributed by atoms with Gasteiger partial charge in [-0.2, -0.15) is 0 Å². The van der Waals surface area contributed by atoms with Crippen LogP contribution in [0.15, 0.2) is 0 Å². The van der Waals surface area contributed by atoms with E-state index in [1.165, 1.54) is 0 Å². The van der Waals surface area contributed by atoms with Gasteiger partial charge in [0.2, 0.25) is 0 Å². The maximum atomic E-state index is 13.0. The molecule has 0 aromatic heterocycles. The van der Waals surface area contributed by atoms with Gasteiger partial charge in [-0.1, -0.05) is 55.4 Å². The first-order valence-corrected chi connectivity index (χ1v) is 22.4. The van der Waals surface area contributed by atoms with E-state index < -0.39 is 52.9 Å². The zero-order valence-electron chi connectivity index (χ0n) is 41.0. The Morgan fingerprint density at radius 1 is 0.633 bits per heavy atom. The summed E-state index contributed by atoms with van der Waals surface area (Å²) in [5.74, 6) is -1.26. The highest BCUT2D eigenvalue weighted by Gasteiger charge is 2.40. The average molecular weight is 857 g/mol. The number of nitrogens with one attached hydrogen (secondary N) is 6. The molecule has 0 aliphatic carbocycles. The molecule has 0 fully saturated rings. The van der Waals surface area contributed by atoms with Gasteiger partial charge in [-0.3, -0.25) is 15.0 Å². The van der Waals surface area contributed by atoms with Gasteiger partial charge in [-0.25, -0.2) is 0 Å². The predicted molar refractivity (Wildman–Crippen MR) is 244 cm³/mol. The topological polar surface area (TPSA) is 229 Å². The fraction of sp³-hybridized carbons (Fsp3) is 0.913. The van der Waals surface area contributed by atoms with Crippen molar-refractivity contribution in [2.45, 2.75) is 228 Å². The Morgan fingerprint density at radius 2 is 1.10 bits per heavy atom. The van der Waals surface area contributed by atoms with Crippen LogP contribution in [0.5, 0.6) is 0 Å². The Kier molecular flexibility index (Phi) is 23.1. The molecule has 0 saturated heterocycles. The molecule has 10 N–H and O–H groups in total. The van der Waals surface area contributed by atoms with Crippen molar-refractivity contribution in [3.8, 4) is 0 Å². The second-order valence-electron chi connectivity index (χ2n) is 21.6. The van der Waals surface area contributed by atoms with Gasteiger partial charge in [0.15, 0.2) is 12.2 Å². The molecule has 0 rings (SSSR count). The molecule has 2 unspecified atom stereocenters. The largest absolute Gasteiger partial charge is 0.387 e. The standard InChI is InChI=1S/C46H92N6O8/c1-18-31(4)37(48)41(7,8)30-40(5,6)29-32(47)49-25-21-45(15,16)59-27-23-43(11,12)51-38(57)35(55)33(53)34(54)36(56)39(58)52-44(13,14)24-28-60-46(17,20-3)22-26-50-42(9,10)19-2/h31,33-36,48,50,53-56H,18-30H2,1-17H3,(H2,47,49)(H,51,57)(H,52,58)/t31?,33-,34+,35+,36-,46?/m0/s1. The molecule has 60 heavy (non-hydrogen) atoms. The molecule has 354 valence electrons. The highest BCUT2D eigenvalue weighted by atomic mass is 16.5. The Labute approximate surface area is 364 Å². The van der Waals surface area contributed by atoms with Gasteiger partial charge in [0.05, 0.1) is 17.0 Å². The van der Waals surface area contributed by atoms with E-state index in [9.17, 15) is 30.0 Å². The van der Waals surface area contributed by atoms with E-state index in [2.05, 4.69) is 97.4 Å². The first kappa shape index (κ1) is 57.8. The summed E-state index contributed by atoms with van der Waals surface area (Å²) in [4.78, 5) is 25.9. The minimum atomic E-state index is -2.15. The number of hydrogen-bond acceptors (Lipinski definition) is 11. The van der Waals surface area contributed by atoms with Gasteiger partial charge in [0.25, 0.3) is 11.8 Å². The fourth-order valence-corrected chi connectivity index (χ4v) is 7.25. The summed E-state index contributed by atoms with van der Waals surface area (Å²) < 4.78 is 12.4. The van der Waals surface area contributed by atoms with Gasteiger partial charge < -0.3 is 56.6 Å². The van der Waals surface area contributed by atoms with Gasteiger partial charge in [0.1, 0.15) is 12.2 Å². The van der Waals surface area contributed by atoms with Crippen molar-refractivity contribution < 1.29 is 39.5 Å². The molecule has 6 atom stereocenters. The van der Waals surface area contributed by atoms with Gasteiger partial charge >= 0.3 is 0 Å². The lowest BCUT2D eigenvalue weighted by atomic mass is 9.68. The minimum absolute atomic E-state index is 0.0363. The van der Waals surface area contributed by atoms with Gasteiger partial charge in [-0.05, 0) is 132 Å². The Balaban J connectivity index is 4.96. The number of ether oxygens (including phenoxy) is 2. The van der Waals surface area contributed by atoms with E-state index in [0.717, 1.165) is 44.4 Å². The predicted octanol–water partition coefficient (Wildman–Crippen LogP) is 6.00. The molecule has 14 heteroatoms. The van der Waals surface area contributed by atoms with Crippen LogP contribution in [0, 0.1) is 27.6 Å². The lowest BCUT2D eigenvalue weighted by Gasteiger charge is -2.37. The second-order valence-corrected chi connectivity index (χ2v) is 21.6. The summed E-state index contributed by atoms with van der Waals surface area (Å²) in [6, 6.07) is 0. The van der Waals surface area contributed by atoms with Gasteiger partial charge in [-0.15, -0.1) is 0 Å². The number of carbonyl (C=O) groups excluding carboxylic acids is 2. The maximum absolute atomic E-state index is 13.0. The summed E-state index contributed by atoms with van der Waals surface area (Å²) in [5, 5.41) is 72.0. The molecule has 2 amide bonds. The summed E-state index contributed by atoms with van der Waals surface area (Å²) >= 11 is 0. The van der Waals surface area contributed by atoms with Crippen LogP contribution in [0.2, 0.25) is 0 Å². The molecule has 0 aliphatic heterocycles. The van der Waals surface area contributed by atoms with Crippen molar-refractivity contribution in [2.75, 3.05) is 26.3 Å². The van der Waals surface area contributed by atoms with Crippen molar-refractivity contribution in [2.24, 2.45) is 16.7 Å². The SMILES string of the molecule is CCC(C)C(=N)C(C)(C)CC(C)(C)CC(=N)NCCC(C)(C)OCCC(C)(C)NC(=O)[C@H](O)[C@@H](O)[C@@H](O)[C@H](O)C(=O)NC(C)(C)CCOC(C)(CC)CCNC(C)(C)CC. The quantitative estimate of drug-likeness (QED) is 0.0289. The first-order chi connectivity index (χ1) is 27.1. The number of carbonyl (C=O) groups is 2. The van der Waals surface area contributed by atoms with E-state index in [0.29, 0.717) is 44.7 Å². The van der Waals surface area contributed by atoms with Crippen LogP contribution in [0.1, 0.15) is 175 Å². The lowest BCUT2D eigenvalue weighted by Crippen LogP contribution is -2.58. The van der Waals surface area contributed by atoms with Crippen LogP contribution >= 0.6 is 0 Å². The number of hydrogen-bond donors (Lipinski definition) is 10. The molecule has 0 aromatic carbocycles. The third-order valence-electron chi connectivity index (χ3n) is 12.2. The second kappa shape index (κ2) is 24.0. The Hall–Kier alpha value is -2.20. The molecule has 0 spiro atoms. The monoisotopic (exact) mass is 857 g/mol. The smallest absolute Gasteiger partial charge is 0.252 e. The van der Waals surface area contributed by atoms with Crippen LogP contribution in [-0.4, -0.2) is 122 Å². The summed E-state index contributed by atoms with van der Waals surface area (Å²) in [7, 11) is 0. The number of aliphatic hydroxyl groups is 4. The van der Waals surface area contributed by atoms with Crippen LogP contribution < -0.4 is 21.3 Å². The van der Waals surface area contributed by atoms with Crippen molar-refractivity contribution in [3.05, 3.63) is 0 Å². The van der Waals surface area contributed by atoms with Crippen LogP contribution in [-0.2, 0) is 19.1 Å². The Morgan fingerprint density at radius 3 is 1.53 bits per heavy atom.